The van der Waals surface area contributed by atoms with Crippen molar-refractivity contribution in [3.05, 3.63) is 18.0 Å². The summed E-state index contributed by atoms with van der Waals surface area (Å²) in [5.41, 5.74) is 1.29. The van der Waals surface area contributed by atoms with E-state index in [1.54, 1.807) is 0 Å². The average molecular weight is 181 g/mol. The summed E-state index contributed by atoms with van der Waals surface area (Å²) < 4.78 is 2.07. The zero-order valence-corrected chi connectivity index (χ0v) is 8.58. The molecule has 1 heterocycles. The number of hydrogen-bond donors (Lipinski definition) is 1. The Morgan fingerprint density at radius 2 is 2.23 bits per heavy atom. The fourth-order valence-corrected chi connectivity index (χ4v) is 1.32. The number of nitrogens with zero attached hydrogens (tertiary/aromatic N) is 2. The van der Waals surface area contributed by atoms with Gasteiger partial charge < -0.3 is 5.32 Å². The third-order valence-electron chi connectivity index (χ3n) is 1.97. The van der Waals surface area contributed by atoms with Gasteiger partial charge in [0.25, 0.3) is 0 Å². The minimum atomic E-state index is 0.938. The fraction of sp³-hybridized carbons (Fsp3) is 0.700. The molecule has 3 heteroatoms. The van der Waals surface area contributed by atoms with Gasteiger partial charge in [-0.15, -0.1) is 0 Å². The van der Waals surface area contributed by atoms with E-state index >= 15 is 0 Å². The van der Waals surface area contributed by atoms with Crippen molar-refractivity contribution in [3.8, 4) is 0 Å². The number of rotatable bonds is 6. The monoisotopic (exact) mass is 181 g/mol. The summed E-state index contributed by atoms with van der Waals surface area (Å²) in [5.74, 6) is 0. The van der Waals surface area contributed by atoms with Crippen molar-refractivity contribution in [1.82, 2.24) is 15.1 Å². The molecular weight excluding hydrogens is 162 g/mol. The molecule has 74 valence electrons. The van der Waals surface area contributed by atoms with E-state index in [0.717, 1.165) is 26.1 Å². The molecule has 3 nitrogen and oxygen atoms in total. The van der Waals surface area contributed by atoms with Gasteiger partial charge in [0.2, 0.25) is 0 Å². The molecule has 0 spiro atoms. The molecule has 0 fully saturated rings. The summed E-state index contributed by atoms with van der Waals surface area (Å²) in [6.07, 6.45) is 4.20. The van der Waals surface area contributed by atoms with Gasteiger partial charge >= 0.3 is 0 Å². The van der Waals surface area contributed by atoms with Crippen molar-refractivity contribution in [2.75, 3.05) is 6.54 Å². The fourth-order valence-electron chi connectivity index (χ4n) is 1.32. The molecule has 0 unspecified atom stereocenters. The second-order valence-electron chi connectivity index (χ2n) is 3.22. The van der Waals surface area contributed by atoms with Crippen LogP contribution in [0.5, 0.6) is 0 Å². The van der Waals surface area contributed by atoms with Crippen LogP contribution in [0.2, 0.25) is 0 Å². The molecule has 0 saturated heterocycles. The Labute approximate surface area is 80.1 Å². The van der Waals surface area contributed by atoms with Crippen LogP contribution in [0.1, 0.15) is 32.4 Å². The summed E-state index contributed by atoms with van der Waals surface area (Å²) in [7, 11) is 0. The summed E-state index contributed by atoms with van der Waals surface area (Å²) in [6.45, 7) is 7.39. The maximum Gasteiger partial charge on any atom is 0.0522 e. The third-order valence-corrected chi connectivity index (χ3v) is 1.97. The van der Waals surface area contributed by atoms with Crippen LogP contribution in [0, 0.1) is 0 Å². The van der Waals surface area contributed by atoms with Gasteiger partial charge in [-0.1, -0.05) is 13.8 Å². The van der Waals surface area contributed by atoms with Gasteiger partial charge in [0, 0.05) is 19.3 Å². The molecule has 1 N–H and O–H groups in total. The molecule has 13 heavy (non-hydrogen) atoms. The first kappa shape index (κ1) is 10.3. The molecule has 1 rings (SSSR count). The van der Waals surface area contributed by atoms with Crippen molar-refractivity contribution < 1.29 is 0 Å². The van der Waals surface area contributed by atoms with Crippen LogP contribution in [-0.2, 0) is 13.1 Å². The standard InChI is InChI=1S/C10H19N3/c1-3-6-11-9-10-5-7-12-13(10)8-4-2/h5,7,11H,3-4,6,8-9H2,1-2H3. The molecule has 0 aliphatic heterocycles. The first-order valence-corrected chi connectivity index (χ1v) is 5.09. The lowest BCUT2D eigenvalue weighted by Gasteiger charge is -2.06. The smallest absolute Gasteiger partial charge is 0.0522 e. The van der Waals surface area contributed by atoms with Gasteiger partial charge in [-0.05, 0) is 25.5 Å². The Hall–Kier alpha value is -0.830. The van der Waals surface area contributed by atoms with Gasteiger partial charge in [-0.3, -0.25) is 4.68 Å². The van der Waals surface area contributed by atoms with Gasteiger partial charge in [0.1, 0.15) is 0 Å². The molecule has 0 amide bonds. The maximum absolute atomic E-state index is 4.26. The Morgan fingerprint density at radius 3 is 2.92 bits per heavy atom. The van der Waals surface area contributed by atoms with Crippen LogP contribution in [-0.4, -0.2) is 16.3 Å². The van der Waals surface area contributed by atoms with Gasteiger partial charge in [0.15, 0.2) is 0 Å². The second-order valence-corrected chi connectivity index (χ2v) is 3.22. The number of aromatic nitrogens is 2. The highest BCUT2D eigenvalue weighted by molar-refractivity contribution is 4.99. The highest BCUT2D eigenvalue weighted by Crippen LogP contribution is 1.99. The van der Waals surface area contributed by atoms with Crippen LogP contribution in [0.4, 0.5) is 0 Å². The van der Waals surface area contributed by atoms with Gasteiger partial charge in [0.05, 0.1) is 5.69 Å². The van der Waals surface area contributed by atoms with Crippen molar-refractivity contribution in [1.29, 1.82) is 0 Å². The van der Waals surface area contributed by atoms with E-state index in [2.05, 4.69) is 35.0 Å². The summed E-state index contributed by atoms with van der Waals surface area (Å²) in [4.78, 5) is 0. The SMILES string of the molecule is CCCNCc1ccnn1CCC. The molecule has 0 aliphatic rings. The van der Waals surface area contributed by atoms with E-state index in [9.17, 15) is 0 Å². The minimum Gasteiger partial charge on any atom is -0.311 e. The maximum atomic E-state index is 4.26. The van der Waals surface area contributed by atoms with E-state index in [-0.39, 0.29) is 0 Å². The zero-order chi connectivity index (χ0) is 9.52. The Kier molecular flexibility index (Phi) is 4.54. The highest BCUT2D eigenvalue weighted by atomic mass is 15.3. The molecule has 0 bridgehead atoms. The Balaban J connectivity index is 2.40. The number of aryl methyl sites for hydroxylation is 1. The van der Waals surface area contributed by atoms with Crippen LogP contribution in [0.15, 0.2) is 12.3 Å². The van der Waals surface area contributed by atoms with Crippen LogP contribution in [0.25, 0.3) is 0 Å². The van der Waals surface area contributed by atoms with E-state index in [1.165, 1.54) is 12.1 Å². The largest absolute Gasteiger partial charge is 0.311 e. The predicted molar refractivity (Wildman–Crippen MR) is 54.5 cm³/mol. The molecule has 0 aliphatic carbocycles. The van der Waals surface area contributed by atoms with Crippen molar-refractivity contribution in [2.24, 2.45) is 0 Å². The topological polar surface area (TPSA) is 29.9 Å². The average Bonchev–Trinajstić information content (AvgIpc) is 2.54. The Morgan fingerprint density at radius 1 is 1.38 bits per heavy atom. The molecule has 0 aromatic carbocycles. The van der Waals surface area contributed by atoms with E-state index in [1.807, 2.05) is 6.20 Å². The quantitative estimate of drug-likeness (QED) is 0.678. The molecule has 1 aromatic heterocycles. The molecular formula is C10H19N3. The van der Waals surface area contributed by atoms with Crippen molar-refractivity contribution in [3.63, 3.8) is 0 Å². The second kappa shape index (κ2) is 5.75. The van der Waals surface area contributed by atoms with E-state index in [4.69, 9.17) is 0 Å². The lowest BCUT2D eigenvalue weighted by molar-refractivity contribution is 0.549. The van der Waals surface area contributed by atoms with Crippen LogP contribution >= 0.6 is 0 Å². The van der Waals surface area contributed by atoms with Crippen LogP contribution in [0.3, 0.4) is 0 Å². The van der Waals surface area contributed by atoms with Gasteiger partial charge in [-0.25, -0.2) is 0 Å². The normalized spacial score (nSPS) is 10.6. The molecule has 0 radical (unpaired) electrons. The van der Waals surface area contributed by atoms with E-state index in [0.29, 0.717) is 0 Å². The summed E-state index contributed by atoms with van der Waals surface area (Å²) in [6, 6.07) is 2.08. The first-order valence-electron chi connectivity index (χ1n) is 5.09. The first-order chi connectivity index (χ1) is 6.38. The number of hydrogen-bond acceptors (Lipinski definition) is 2. The van der Waals surface area contributed by atoms with E-state index < -0.39 is 0 Å². The summed E-state index contributed by atoms with van der Waals surface area (Å²) >= 11 is 0. The van der Waals surface area contributed by atoms with Crippen molar-refractivity contribution in [2.45, 2.75) is 39.8 Å². The highest BCUT2D eigenvalue weighted by Gasteiger charge is 1.99. The number of nitrogens with one attached hydrogen (secondary N) is 1. The molecule has 0 saturated carbocycles. The van der Waals surface area contributed by atoms with Gasteiger partial charge in [-0.2, -0.15) is 5.10 Å². The molecule has 0 atom stereocenters. The van der Waals surface area contributed by atoms with Crippen LogP contribution < -0.4 is 5.32 Å². The predicted octanol–water partition coefficient (Wildman–Crippen LogP) is 1.79. The Bertz CT molecular complexity index is 230. The minimum absolute atomic E-state index is 0.938. The lowest BCUT2D eigenvalue weighted by atomic mass is 10.4. The van der Waals surface area contributed by atoms with Crippen molar-refractivity contribution >= 4 is 0 Å². The zero-order valence-electron chi connectivity index (χ0n) is 8.58. The summed E-state index contributed by atoms with van der Waals surface area (Å²) in [5, 5.41) is 7.64. The molecule has 1 aromatic rings. The third kappa shape index (κ3) is 3.19. The lowest BCUT2D eigenvalue weighted by Crippen LogP contribution is -2.17.